The van der Waals surface area contributed by atoms with Crippen molar-refractivity contribution >= 4 is 27.5 Å². The van der Waals surface area contributed by atoms with Crippen LogP contribution >= 0.6 is 0 Å². The van der Waals surface area contributed by atoms with Crippen molar-refractivity contribution in [2.75, 3.05) is 31.5 Å². The second kappa shape index (κ2) is 8.78. The molecular formula is C22H31N3O5S. The fourth-order valence-electron chi connectivity index (χ4n) is 4.71. The summed E-state index contributed by atoms with van der Waals surface area (Å²) in [6.07, 6.45) is 4.43. The number of benzene rings is 1. The van der Waals surface area contributed by atoms with Crippen molar-refractivity contribution in [1.29, 1.82) is 0 Å². The van der Waals surface area contributed by atoms with E-state index >= 15 is 0 Å². The zero-order valence-corrected chi connectivity index (χ0v) is 19.0. The summed E-state index contributed by atoms with van der Waals surface area (Å²) in [5.41, 5.74) is 1.03. The lowest BCUT2D eigenvalue weighted by Crippen LogP contribution is -2.48. The summed E-state index contributed by atoms with van der Waals surface area (Å²) < 4.78 is 34.2. The molecule has 2 atom stereocenters. The van der Waals surface area contributed by atoms with Crippen molar-refractivity contribution in [1.82, 2.24) is 9.21 Å². The van der Waals surface area contributed by atoms with Crippen LogP contribution in [0.25, 0.3) is 0 Å². The van der Waals surface area contributed by atoms with Gasteiger partial charge in [-0.3, -0.25) is 9.59 Å². The van der Waals surface area contributed by atoms with Gasteiger partial charge in [-0.1, -0.05) is 6.92 Å². The lowest BCUT2D eigenvalue weighted by molar-refractivity contribution is -0.137. The minimum atomic E-state index is -3.79. The SMILES string of the molecule is CC[C@@H]1Oc2cc(S(=O)(=O)N3CCC[C@@H](C(=O)N4CCCCC4)C3)c(C)cc2NC1=O. The van der Waals surface area contributed by atoms with E-state index in [4.69, 9.17) is 4.74 Å². The first-order chi connectivity index (χ1) is 14.8. The van der Waals surface area contributed by atoms with E-state index in [1.807, 2.05) is 11.8 Å². The monoisotopic (exact) mass is 449 g/mol. The van der Waals surface area contributed by atoms with Crippen LogP contribution in [-0.2, 0) is 19.6 Å². The Labute approximate surface area is 184 Å². The van der Waals surface area contributed by atoms with Gasteiger partial charge in [-0.25, -0.2) is 8.42 Å². The van der Waals surface area contributed by atoms with Gasteiger partial charge in [0.15, 0.2) is 6.10 Å². The number of nitrogens with zero attached hydrogens (tertiary/aromatic N) is 2. The average Bonchev–Trinajstić information content (AvgIpc) is 2.78. The standard InChI is InChI=1S/C22H31N3O5S/c1-3-18-21(26)23-17-12-15(2)20(13-19(17)30-18)31(28,29)25-11-7-8-16(14-25)22(27)24-9-5-4-6-10-24/h12-13,16,18H,3-11,14H2,1-2H3,(H,23,26)/t16-,18+/m1/s1. The van der Waals surface area contributed by atoms with Crippen LogP contribution in [0.15, 0.2) is 17.0 Å². The number of hydrogen-bond acceptors (Lipinski definition) is 5. The summed E-state index contributed by atoms with van der Waals surface area (Å²) in [6.45, 7) is 5.71. The quantitative estimate of drug-likeness (QED) is 0.762. The molecule has 9 heteroatoms. The Morgan fingerprint density at radius 1 is 1.16 bits per heavy atom. The van der Waals surface area contributed by atoms with Crippen molar-refractivity contribution in [3.63, 3.8) is 0 Å². The zero-order chi connectivity index (χ0) is 22.2. The van der Waals surface area contributed by atoms with Crippen molar-refractivity contribution < 1.29 is 22.7 Å². The highest BCUT2D eigenvalue weighted by atomic mass is 32.2. The summed E-state index contributed by atoms with van der Waals surface area (Å²) in [5, 5.41) is 2.80. The van der Waals surface area contributed by atoms with Gasteiger partial charge in [0.1, 0.15) is 5.75 Å². The van der Waals surface area contributed by atoms with Gasteiger partial charge in [-0.05, 0) is 57.1 Å². The topological polar surface area (TPSA) is 96.0 Å². The van der Waals surface area contributed by atoms with E-state index in [-0.39, 0.29) is 29.2 Å². The minimum Gasteiger partial charge on any atom is -0.478 e. The molecule has 0 unspecified atom stereocenters. The van der Waals surface area contributed by atoms with Crippen LogP contribution in [0.3, 0.4) is 0 Å². The highest BCUT2D eigenvalue weighted by Crippen LogP contribution is 2.36. The first-order valence-electron chi connectivity index (χ1n) is 11.2. The van der Waals surface area contributed by atoms with E-state index in [1.54, 1.807) is 13.0 Å². The molecule has 0 aliphatic carbocycles. The number of ether oxygens (including phenoxy) is 1. The number of sulfonamides is 1. The van der Waals surface area contributed by atoms with Gasteiger partial charge in [0.25, 0.3) is 5.91 Å². The Kier molecular flexibility index (Phi) is 6.25. The summed E-state index contributed by atoms with van der Waals surface area (Å²) in [7, 11) is -3.79. The molecule has 0 bridgehead atoms. The molecule has 0 saturated carbocycles. The molecule has 2 saturated heterocycles. The number of hydrogen-bond donors (Lipinski definition) is 1. The van der Waals surface area contributed by atoms with Crippen LogP contribution < -0.4 is 10.1 Å². The smallest absolute Gasteiger partial charge is 0.265 e. The number of aryl methyl sites for hydroxylation is 1. The first kappa shape index (κ1) is 22.1. The maximum Gasteiger partial charge on any atom is 0.265 e. The second-order valence-corrected chi connectivity index (χ2v) is 10.6. The van der Waals surface area contributed by atoms with Gasteiger partial charge < -0.3 is 15.0 Å². The van der Waals surface area contributed by atoms with Crippen molar-refractivity contribution in [2.45, 2.75) is 63.4 Å². The van der Waals surface area contributed by atoms with E-state index < -0.39 is 16.1 Å². The van der Waals surface area contributed by atoms with Gasteiger partial charge in [0.2, 0.25) is 15.9 Å². The van der Waals surface area contributed by atoms with Crippen molar-refractivity contribution in [3.05, 3.63) is 17.7 Å². The van der Waals surface area contributed by atoms with Crippen LogP contribution in [0.2, 0.25) is 0 Å². The predicted octanol–water partition coefficient (Wildman–Crippen LogP) is 2.52. The first-order valence-corrected chi connectivity index (χ1v) is 12.7. The third kappa shape index (κ3) is 4.30. The molecule has 2 amide bonds. The fourth-order valence-corrected chi connectivity index (χ4v) is 6.45. The third-order valence-electron chi connectivity index (χ3n) is 6.49. The lowest BCUT2D eigenvalue weighted by Gasteiger charge is -2.36. The van der Waals surface area contributed by atoms with Crippen molar-refractivity contribution in [2.24, 2.45) is 5.92 Å². The van der Waals surface area contributed by atoms with Gasteiger partial charge in [-0.15, -0.1) is 0 Å². The van der Waals surface area contributed by atoms with Crippen molar-refractivity contribution in [3.8, 4) is 5.75 Å². The Hall–Kier alpha value is -2.13. The second-order valence-electron chi connectivity index (χ2n) is 8.71. The average molecular weight is 450 g/mol. The highest BCUT2D eigenvalue weighted by Gasteiger charge is 2.37. The molecular weight excluding hydrogens is 418 g/mol. The molecule has 1 aromatic rings. The molecule has 0 spiro atoms. The minimum absolute atomic E-state index is 0.0820. The normalized spacial score (nSPS) is 24.8. The van der Waals surface area contributed by atoms with Gasteiger partial charge in [0, 0.05) is 32.2 Å². The van der Waals surface area contributed by atoms with E-state index in [2.05, 4.69) is 5.32 Å². The number of carbonyl (C=O) groups is 2. The number of piperidine rings is 2. The summed E-state index contributed by atoms with van der Waals surface area (Å²) in [5.74, 6) is -0.0631. The van der Waals surface area contributed by atoms with Gasteiger partial charge >= 0.3 is 0 Å². The molecule has 0 aromatic heterocycles. The summed E-state index contributed by atoms with van der Waals surface area (Å²) >= 11 is 0. The fraction of sp³-hybridized carbons (Fsp3) is 0.636. The number of nitrogens with one attached hydrogen (secondary N) is 1. The predicted molar refractivity (Wildman–Crippen MR) is 116 cm³/mol. The number of amides is 2. The Bertz CT molecular complexity index is 972. The van der Waals surface area contributed by atoms with Crippen LogP contribution in [-0.4, -0.2) is 61.7 Å². The van der Waals surface area contributed by atoms with E-state index in [9.17, 15) is 18.0 Å². The summed E-state index contributed by atoms with van der Waals surface area (Å²) in [4.78, 5) is 27.1. The maximum atomic E-state index is 13.5. The summed E-state index contributed by atoms with van der Waals surface area (Å²) in [6, 6.07) is 3.16. The maximum absolute atomic E-state index is 13.5. The molecule has 2 fully saturated rings. The van der Waals surface area contributed by atoms with Crippen LogP contribution in [0.1, 0.15) is 51.0 Å². The molecule has 31 heavy (non-hydrogen) atoms. The van der Waals surface area contributed by atoms with Crippen LogP contribution in [0, 0.1) is 12.8 Å². The lowest BCUT2D eigenvalue weighted by atomic mass is 9.97. The Morgan fingerprint density at radius 3 is 2.61 bits per heavy atom. The molecule has 1 N–H and O–H groups in total. The number of likely N-dealkylation sites (tertiary alicyclic amines) is 1. The largest absolute Gasteiger partial charge is 0.478 e. The van der Waals surface area contributed by atoms with E-state index in [1.165, 1.54) is 10.4 Å². The molecule has 3 aliphatic heterocycles. The van der Waals surface area contributed by atoms with Gasteiger partial charge in [0.05, 0.1) is 16.5 Å². The molecule has 3 aliphatic rings. The number of fused-ring (bicyclic) bond motifs is 1. The zero-order valence-electron chi connectivity index (χ0n) is 18.2. The molecule has 8 nitrogen and oxygen atoms in total. The van der Waals surface area contributed by atoms with E-state index in [0.717, 1.165) is 38.8 Å². The molecule has 0 radical (unpaired) electrons. The molecule has 1 aromatic carbocycles. The Morgan fingerprint density at radius 2 is 1.90 bits per heavy atom. The number of anilines is 1. The number of carbonyl (C=O) groups excluding carboxylic acids is 2. The van der Waals surface area contributed by atoms with Crippen LogP contribution in [0.4, 0.5) is 5.69 Å². The van der Waals surface area contributed by atoms with Gasteiger partial charge in [-0.2, -0.15) is 4.31 Å². The van der Waals surface area contributed by atoms with E-state index in [0.29, 0.717) is 36.4 Å². The third-order valence-corrected chi connectivity index (χ3v) is 8.49. The molecule has 170 valence electrons. The molecule has 4 rings (SSSR count). The Balaban J connectivity index is 1.56. The molecule has 3 heterocycles. The highest BCUT2D eigenvalue weighted by molar-refractivity contribution is 7.89. The van der Waals surface area contributed by atoms with Crippen LogP contribution in [0.5, 0.6) is 5.75 Å². The number of rotatable bonds is 4.